The summed E-state index contributed by atoms with van der Waals surface area (Å²) in [6, 6.07) is -0.178. The lowest BCUT2D eigenvalue weighted by Gasteiger charge is -2.35. The number of nitrogens with zero attached hydrogens (tertiary/aromatic N) is 5. The van der Waals surface area contributed by atoms with E-state index in [-0.39, 0.29) is 17.5 Å². The average Bonchev–Trinajstić information content (AvgIpc) is 3.02. The maximum atomic E-state index is 13.0. The van der Waals surface area contributed by atoms with Crippen molar-refractivity contribution in [3.05, 3.63) is 12.2 Å². The molecule has 0 aliphatic carbocycles. The number of piperazine rings is 1. The van der Waals surface area contributed by atoms with Crippen LogP contribution in [-0.4, -0.2) is 63.6 Å². The second kappa shape index (κ2) is 6.13. The van der Waals surface area contributed by atoms with E-state index in [2.05, 4.69) is 25.3 Å². The first-order valence-electron chi connectivity index (χ1n) is 7.46. The molecule has 3 heterocycles. The Morgan fingerprint density at radius 2 is 2.00 bits per heavy atom. The number of hydrogen-bond donors (Lipinski definition) is 2. The average molecular weight is 343 g/mol. The smallest absolute Gasteiger partial charge is 0.351 e. The Morgan fingerprint density at radius 3 is 2.62 bits per heavy atom. The van der Waals surface area contributed by atoms with Gasteiger partial charge in [0.2, 0.25) is 5.82 Å². The van der Waals surface area contributed by atoms with Crippen LogP contribution >= 0.6 is 0 Å². The van der Waals surface area contributed by atoms with Crippen LogP contribution in [0.5, 0.6) is 0 Å². The van der Waals surface area contributed by atoms with Gasteiger partial charge in [0.05, 0.1) is 6.33 Å². The molecule has 2 aromatic heterocycles. The van der Waals surface area contributed by atoms with Crippen molar-refractivity contribution in [3.63, 3.8) is 0 Å². The molecular weight excluding hydrogens is 327 g/mol. The number of carbonyl (C=O) groups excluding carboxylic acids is 1. The third kappa shape index (κ3) is 3.05. The van der Waals surface area contributed by atoms with Crippen molar-refractivity contribution in [1.29, 1.82) is 0 Å². The zero-order valence-corrected chi connectivity index (χ0v) is 12.9. The number of alkyl halides is 3. The van der Waals surface area contributed by atoms with Crippen LogP contribution in [0.15, 0.2) is 6.33 Å². The first-order chi connectivity index (χ1) is 11.4. The Balaban J connectivity index is 1.85. The molecule has 8 nitrogen and oxygen atoms in total. The zero-order valence-electron chi connectivity index (χ0n) is 12.9. The quantitative estimate of drug-likeness (QED) is 0.856. The van der Waals surface area contributed by atoms with E-state index in [1.807, 2.05) is 6.92 Å². The van der Waals surface area contributed by atoms with Gasteiger partial charge in [-0.2, -0.15) is 13.2 Å². The van der Waals surface area contributed by atoms with E-state index in [4.69, 9.17) is 0 Å². The third-order valence-corrected chi connectivity index (χ3v) is 3.71. The van der Waals surface area contributed by atoms with Crippen LogP contribution in [0.3, 0.4) is 0 Å². The number of fused-ring (bicyclic) bond motifs is 1. The minimum atomic E-state index is -4.65. The highest BCUT2D eigenvalue weighted by molar-refractivity contribution is 5.83. The van der Waals surface area contributed by atoms with Gasteiger partial charge in [0.15, 0.2) is 11.5 Å². The molecule has 0 spiro atoms. The van der Waals surface area contributed by atoms with Crippen LogP contribution < -0.4 is 10.2 Å². The topological polar surface area (TPSA) is 90.0 Å². The van der Waals surface area contributed by atoms with Crippen LogP contribution in [0, 0.1) is 0 Å². The molecular formula is C13H16F3N7O. The minimum Gasteiger partial charge on any atom is -0.351 e. The molecule has 0 saturated carbocycles. The standard InChI is InChI=1S/C13H16F3N7O/c1-2-17-12(24)23-5-3-22(4-6-23)10-8-9(19-7-18-8)20-11(21-10)13(14,15)16/h7H,2-6H2,1H3,(H,17,24)(H,18,19,20,21). The maximum Gasteiger partial charge on any atom is 0.451 e. The van der Waals surface area contributed by atoms with Crippen LogP contribution in [0.1, 0.15) is 12.7 Å². The van der Waals surface area contributed by atoms with Gasteiger partial charge in [-0.3, -0.25) is 0 Å². The molecule has 0 bridgehead atoms. The van der Waals surface area contributed by atoms with E-state index in [9.17, 15) is 18.0 Å². The molecule has 1 aliphatic rings. The lowest BCUT2D eigenvalue weighted by atomic mass is 10.3. The fourth-order valence-corrected chi connectivity index (χ4v) is 2.56. The predicted octanol–water partition coefficient (Wildman–Crippen LogP) is 1.22. The molecule has 2 aromatic rings. The predicted molar refractivity (Wildman–Crippen MR) is 79.5 cm³/mol. The number of carbonyl (C=O) groups is 1. The molecule has 0 unspecified atom stereocenters. The van der Waals surface area contributed by atoms with E-state index in [1.54, 1.807) is 9.80 Å². The normalized spacial score (nSPS) is 15.8. The monoisotopic (exact) mass is 343 g/mol. The molecule has 2 N–H and O–H groups in total. The molecule has 3 rings (SSSR count). The summed E-state index contributed by atoms with van der Waals surface area (Å²) in [4.78, 5) is 28.8. The van der Waals surface area contributed by atoms with Crippen molar-refractivity contribution < 1.29 is 18.0 Å². The number of anilines is 1. The summed E-state index contributed by atoms with van der Waals surface area (Å²) in [5.41, 5.74) is 0.327. The SMILES string of the molecule is CCNC(=O)N1CCN(c2nc(C(F)(F)F)nc3nc[nH]c23)CC1. The molecule has 1 fully saturated rings. The summed E-state index contributed by atoms with van der Waals surface area (Å²) in [5.74, 6) is -1.07. The van der Waals surface area contributed by atoms with E-state index in [0.29, 0.717) is 38.2 Å². The highest BCUT2D eigenvalue weighted by Gasteiger charge is 2.37. The molecule has 0 aromatic carbocycles. The summed E-state index contributed by atoms with van der Waals surface area (Å²) >= 11 is 0. The Labute approximate surface area is 135 Å². The molecule has 1 saturated heterocycles. The number of nitrogens with one attached hydrogen (secondary N) is 2. The summed E-state index contributed by atoms with van der Waals surface area (Å²) in [6.07, 6.45) is -3.36. The number of hydrogen-bond acceptors (Lipinski definition) is 5. The summed E-state index contributed by atoms with van der Waals surface area (Å²) in [6.45, 7) is 3.89. The van der Waals surface area contributed by atoms with Gasteiger partial charge in [0, 0.05) is 32.7 Å². The van der Waals surface area contributed by atoms with E-state index in [0.717, 1.165) is 0 Å². The molecule has 1 aliphatic heterocycles. The van der Waals surface area contributed by atoms with Gasteiger partial charge in [-0.05, 0) is 6.92 Å². The Hall–Kier alpha value is -2.59. The summed E-state index contributed by atoms with van der Waals surface area (Å²) in [5, 5.41) is 2.70. The molecule has 11 heteroatoms. The van der Waals surface area contributed by atoms with Crippen molar-refractivity contribution in [2.75, 3.05) is 37.6 Å². The van der Waals surface area contributed by atoms with Gasteiger partial charge in [0.25, 0.3) is 0 Å². The number of aromatic amines is 1. The second-order valence-corrected chi connectivity index (χ2v) is 5.28. The largest absolute Gasteiger partial charge is 0.451 e. The molecule has 2 amide bonds. The van der Waals surface area contributed by atoms with Gasteiger partial charge in [-0.1, -0.05) is 0 Å². The van der Waals surface area contributed by atoms with Crippen LogP contribution in [0.4, 0.5) is 23.8 Å². The van der Waals surface area contributed by atoms with Gasteiger partial charge < -0.3 is 20.1 Å². The third-order valence-electron chi connectivity index (χ3n) is 3.71. The zero-order chi connectivity index (χ0) is 17.3. The van der Waals surface area contributed by atoms with E-state index >= 15 is 0 Å². The lowest BCUT2D eigenvalue weighted by Crippen LogP contribution is -2.52. The van der Waals surface area contributed by atoms with Crippen molar-refractivity contribution in [2.45, 2.75) is 13.1 Å². The van der Waals surface area contributed by atoms with Crippen LogP contribution in [0.2, 0.25) is 0 Å². The lowest BCUT2D eigenvalue weighted by molar-refractivity contribution is -0.144. The van der Waals surface area contributed by atoms with Crippen molar-refractivity contribution in [3.8, 4) is 0 Å². The highest BCUT2D eigenvalue weighted by Crippen LogP contribution is 2.30. The number of rotatable bonds is 2. The number of imidazole rings is 1. The number of urea groups is 1. The minimum absolute atomic E-state index is 0.0292. The molecule has 0 atom stereocenters. The first-order valence-corrected chi connectivity index (χ1v) is 7.46. The Bertz CT molecular complexity index is 737. The van der Waals surface area contributed by atoms with E-state index in [1.165, 1.54) is 6.33 Å². The molecule has 130 valence electrons. The fourth-order valence-electron chi connectivity index (χ4n) is 2.56. The molecule has 0 radical (unpaired) electrons. The first kappa shape index (κ1) is 16.3. The second-order valence-electron chi connectivity index (χ2n) is 5.28. The van der Waals surface area contributed by atoms with Crippen LogP contribution in [-0.2, 0) is 6.18 Å². The van der Waals surface area contributed by atoms with Crippen molar-refractivity contribution in [1.82, 2.24) is 30.2 Å². The number of amides is 2. The fraction of sp³-hybridized carbons (Fsp3) is 0.538. The van der Waals surface area contributed by atoms with Crippen molar-refractivity contribution in [2.24, 2.45) is 0 Å². The van der Waals surface area contributed by atoms with Gasteiger partial charge in [-0.25, -0.2) is 19.7 Å². The summed E-state index contributed by atoms with van der Waals surface area (Å²) < 4.78 is 38.9. The number of halogens is 3. The number of aromatic nitrogens is 4. The maximum absolute atomic E-state index is 13.0. The summed E-state index contributed by atoms with van der Waals surface area (Å²) in [7, 11) is 0. The molecule has 24 heavy (non-hydrogen) atoms. The highest BCUT2D eigenvalue weighted by atomic mass is 19.4. The number of H-pyrrole nitrogens is 1. The van der Waals surface area contributed by atoms with Crippen LogP contribution in [0.25, 0.3) is 11.2 Å². The van der Waals surface area contributed by atoms with Gasteiger partial charge in [0.1, 0.15) is 5.52 Å². The Morgan fingerprint density at radius 1 is 1.29 bits per heavy atom. The van der Waals surface area contributed by atoms with Crippen molar-refractivity contribution >= 4 is 23.0 Å². The van der Waals surface area contributed by atoms with Gasteiger partial charge in [-0.15, -0.1) is 0 Å². The van der Waals surface area contributed by atoms with E-state index < -0.39 is 12.0 Å². The Kier molecular flexibility index (Phi) is 4.16. The van der Waals surface area contributed by atoms with Gasteiger partial charge >= 0.3 is 12.2 Å².